The molecule has 0 aliphatic heterocycles. The van der Waals surface area contributed by atoms with Gasteiger partial charge >= 0.3 is 11.8 Å². The molecule has 1 heterocycles. The van der Waals surface area contributed by atoms with Crippen molar-refractivity contribution in [2.24, 2.45) is 0 Å². The number of hydrogen-bond acceptors (Lipinski definition) is 4. The van der Waals surface area contributed by atoms with Crippen LogP contribution in [0, 0.1) is 0 Å². The summed E-state index contributed by atoms with van der Waals surface area (Å²) in [7, 11) is 3.90. The van der Waals surface area contributed by atoms with Gasteiger partial charge in [0.25, 0.3) is 0 Å². The summed E-state index contributed by atoms with van der Waals surface area (Å²) in [6, 6.07) is 2.10. The Morgan fingerprint density at radius 1 is 1.32 bits per heavy atom. The molecule has 1 aromatic heterocycles. The van der Waals surface area contributed by atoms with E-state index in [9.17, 15) is 9.59 Å². The average Bonchev–Trinajstić information content (AvgIpc) is 2.89. The molecule has 0 aliphatic rings. The fraction of sp³-hybridized carbons (Fsp3) is 0.538. The zero-order valence-corrected chi connectivity index (χ0v) is 12.4. The van der Waals surface area contributed by atoms with Gasteiger partial charge in [0.15, 0.2) is 0 Å². The molecular weight excluding hydrogens is 262 g/mol. The van der Waals surface area contributed by atoms with Crippen molar-refractivity contribution >= 4 is 23.2 Å². The molecule has 2 amide bonds. The molecular formula is C13H21N3O2S. The van der Waals surface area contributed by atoms with Crippen LogP contribution in [0.5, 0.6) is 0 Å². The van der Waals surface area contributed by atoms with Crippen molar-refractivity contribution < 1.29 is 9.59 Å². The molecule has 1 atom stereocenters. The predicted molar refractivity (Wildman–Crippen MR) is 77.1 cm³/mol. The van der Waals surface area contributed by atoms with Crippen molar-refractivity contribution in [1.82, 2.24) is 15.5 Å². The van der Waals surface area contributed by atoms with Crippen molar-refractivity contribution in [1.29, 1.82) is 0 Å². The second-order valence-corrected chi connectivity index (χ2v) is 5.28. The van der Waals surface area contributed by atoms with Crippen LogP contribution in [0.25, 0.3) is 0 Å². The van der Waals surface area contributed by atoms with Gasteiger partial charge in [0.05, 0.1) is 6.04 Å². The van der Waals surface area contributed by atoms with Gasteiger partial charge in [-0.2, -0.15) is 11.3 Å². The van der Waals surface area contributed by atoms with Gasteiger partial charge in [-0.1, -0.05) is 6.92 Å². The first-order valence-corrected chi connectivity index (χ1v) is 7.25. The summed E-state index contributed by atoms with van der Waals surface area (Å²) in [5.74, 6) is -1.14. The summed E-state index contributed by atoms with van der Waals surface area (Å²) < 4.78 is 0. The maximum Gasteiger partial charge on any atom is 0.309 e. The van der Waals surface area contributed by atoms with Gasteiger partial charge in [0.1, 0.15) is 0 Å². The highest BCUT2D eigenvalue weighted by Gasteiger charge is 2.18. The lowest BCUT2D eigenvalue weighted by molar-refractivity contribution is -0.139. The first-order chi connectivity index (χ1) is 9.06. The maximum atomic E-state index is 11.6. The zero-order valence-electron chi connectivity index (χ0n) is 11.6. The number of nitrogens with one attached hydrogen (secondary N) is 2. The Morgan fingerprint density at radius 2 is 2.00 bits per heavy atom. The lowest BCUT2D eigenvalue weighted by Crippen LogP contribution is -2.43. The van der Waals surface area contributed by atoms with E-state index in [0.29, 0.717) is 13.1 Å². The molecule has 0 spiro atoms. The van der Waals surface area contributed by atoms with Crippen LogP contribution in [0.4, 0.5) is 0 Å². The first kappa shape index (κ1) is 15.7. The molecule has 0 fully saturated rings. The van der Waals surface area contributed by atoms with E-state index in [1.54, 1.807) is 11.3 Å². The second-order valence-electron chi connectivity index (χ2n) is 4.50. The minimum atomic E-state index is -0.574. The molecule has 0 aromatic carbocycles. The highest BCUT2D eigenvalue weighted by atomic mass is 32.1. The van der Waals surface area contributed by atoms with Crippen LogP contribution >= 0.6 is 11.3 Å². The van der Waals surface area contributed by atoms with E-state index < -0.39 is 11.8 Å². The van der Waals surface area contributed by atoms with Crippen LogP contribution in [0.3, 0.4) is 0 Å². The Kier molecular flexibility index (Phi) is 6.52. The number of carbonyl (C=O) groups is 2. The molecule has 0 aliphatic carbocycles. The zero-order chi connectivity index (χ0) is 14.3. The molecule has 6 heteroatoms. The third kappa shape index (κ3) is 5.00. The van der Waals surface area contributed by atoms with Gasteiger partial charge in [0, 0.05) is 13.1 Å². The topological polar surface area (TPSA) is 61.4 Å². The summed E-state index contributed by atoms with van der Waals surface area (Å²) in [6.07, 6.45) is 0.814. The molecule has 0 radical (unpaired) electrons. The minimum Gasteiger partial charge on any atom is -0.348 e. The lowest BCUT2D eigenvalue weighted by atomic mass is 10.1. The van der Waals surface area contributed by atoms with Gasteiger partial charge < -0.3 is 15.5 Å². The Balaban J connectivity index is 2.49. The van der Waals surface area contributed by atoms with E-state index >= 15 is 0 Å². The van der Waals surface area contributed by atoms with Crippen molar-refractivity contribution in [2.45, 2.75) is 19.4 Å². The number of rotatable bonds is 6. The molecule has 0 bridgehead atoms. The number of nitrogens with zero attached hydrogens (tertiary/aromatic N) is 1. The summed E-state index contributed by atoms with van der Waals surface area (Å²) >= 11 is 1.62. The fourth-order valence-electron chi connectivity index (χ4n) is 1.65. The van der Waals surface area contributed by atoms with E-state index in [2.05, 4.69) is 10.6 Å². The van der Waals surface area contributed by atoms with E-state index in [-0.39, 0.29) is 6.04 Å². The first-order valence-electron chi connectivity index (χ1n) is 6.30. The van der Waals surface area contributed by atoms with Gasteiger partial charge in [0.2, 0.25) is 0 Å². The van der Waals surface area contributed by atoms with E-state index in [0.717, 1.165) is 12.0 Å². The van der Waals surface area contributed by atoms with Crippen LogP contribution in [-0.4, -0.2) is 43.9 Å². The molecule has 0 saturated carbocycles. The normalized spacial score (nSPS) is 12.2. The molecule has 106 valence electrons. The van der Waals surface area contributed by atoms with E-state index in [4.69, 9.17) is 0 Å². The number of carbonyl (C=O) groups excluding carboxylic acids is 2. The van der Waals surface area contributed by atoms with Gasteiger partial charge in [-0.15, -0.1) is 0 Å². The van der Waals surface area contributed by atoms with Crippen molar-refractivity contribution in [3.8, 4) is 0 Å². The number of likely N-dealkylation sites (N-methyl/N-ethyl adjacent to an activating group) is 1. The number of thiophene rings is 1. The van der Waals surface area contributed by atoms with Crippen molar-refractivity contribution in [2.75, 3.05) is 27.2 Å². The summed E-state index contributed by atoms with van der Waals surface area (Å²) in [4.78, 5) is 25.1. The third-order valence-electron chi connectivity index (χ3n) is 2.75. The minimum absolute atomic E-state index is 0.0779. The average molecular weight is 283 g/mol. The Morgan fingerprint density at radius 3 is 2.53 bits per heavy atom. The Labute approximate surface area is 118 Å². The fourth-order valence-corrected chi connectivity index (χ4v) is 2.36. The molecule has 0 saturated heterocycles. The molecule has 19 heavy (non-hydrogen) atoms. The van der Waals surface area contributed by atoms with Gasteiger partial charge in [-0.05, 0) is 42.9 Å². The van der Waals surface area contributed by atoms with Crippen molar-refractivity contribution in [3.63, 3.8) is 0 Å². The summed E-state index contributed by atoms with van der Waals surface area (Å²) in [6.45, 7) is 2.88. The van der Waals surface area contributed by atoms with Crippen LogP contribution < -0.4 is 10.6 Å². The lowest BCUT2D eigenvalue weighted by Gasteiger charge is -2.23. The van der Waals surface area contributed by atoms with E-state index in [1.165, 1.54) is 0 Å². The van der Waals surface area contributed by atoms with Crippen LogP contribution in [0.1, 0.15) is 24.9 Å². The third-order valence-corrected chi connectivity index (χ3v) is 3.45. The van der Waals surface area contributed by atoms with Crippen molar-refractivity contribution in [3.05, 3.63) is 22.4 Å². The molecule has 2 N–H and O–H groups in total. The monoisotopic (exact) mass is 283 g/mol. The number of amides is 2. The smallest absolute Gasteiger partial charge is 0.309 e. The van der Waals surface area contributed by atoms with E-state index in [1.807, 2.05) is 42.7 Å². The summed E-state index contributed by atoms with van der Waals surface area (Å²) in [5.41, 5.74) is 1.14. The predicted octanol–water partition coefficient (Wildman–Crippen LogP) is 0.993. The van der Waals surface area contributed by atoms with Gasteiger partial charge in [-0.3, -0.25) is 9.59 Å². The largest absolute Gasteiger partial charge is 0.348 e. The Hall–Kier alpha value is -1.40. The highest BCUT2D eigenvalue weighted by molar-refractivity contribution is 7.07. The maximum absolute atomic E-state index is 11.6. The molecule has 1 unspecified atom stereocenters. The number of hydrogen-bond donors (Lipinski definition) is 2. The summed E-state index contributed by atoms with van der Waals surface area (Å²) in [5, 5.41) is 9.28. The second kappa shape index (κ2) is 7.91. The Bertz CT molecular complexity index is 404. The SMILES string of the molecule is CCCNC(=O)C(=O)NCC(c1ccsc1)N(C)C. The van der Waals surface area contributed by atoms with Crippen LogP contribution in [-0.2, 0) is 9.59 Å². The highest BCUT2D eigenvalue weighted by Crippen LogP contribution is 2.19. The van der Waals surface area contributed by atoms with Crippen LogP contribution in [0.2, 0.25) is 0 Å². The van der Waals surface area contributed by atoms with Gasteiger partial charge in [-0.25, -0.2) is 0 Å². The molecule has 1 rings (SSSR count). The van der Waals surface area contributed by atoms with Crippen LogP contribution in [0.15, 0.2) is 16.8 Å². The molecule has 1 aromatic rings. The quantitative estimate of drug-likeness (QED) is 0.766. The molecule has 5 nitrogen and oxygen atoms in total. The standard InChI is InChI=1S/C13H21N3O2S/c1-4-6-14-12(17)13(18)15-8-11(16(2)3)10-5-7-19-9-10/h5,7,9,11H,4,6,8H2,1-3H3,(H,14,17)(H,15,18).